The zero-order valence-electron chi connectivity index (χ0n) is 15.0. The molecule has 0 unspecified atom stereocenters. The number of aromatic nitrogens is 1. The molecule has 0 fully saturated rings. The minimum absolute atomic E-state index is 0.0503. The Morgan fingerprint density at radius 3 is 2.54 bits per heavy atom. The molecule has 1 amide bonds. The van der Waals surface area contributed by atoms with Crippen molar-refractivity contribution in [2.24, 2.45) is 0 Å². The van der Waals surface area contributed by atoms with Gasteiger partial charge in [-0.2, -0.15) is 0 Å². The van der Waals surface area contributed by atoms with Gasteiger partial charge >= 0.3 is 5.97 Å². The minimum Gasteiger partial charge on any atom is -0.467 e. The molecule has 0 saturated carbocycles. The summed E-state index contributed by atoms with van der Waals surface area (Å²) in [5, 5.41) is 14.1. The predicted octanol–water partition coefficient (Wildman–Crippen LogP) is 2.66. The first-order valence-electron chi connectivity index (χ1n) is 8.45. The number of nitro benzene ring substituents is 1. The van der Waals surface area contributed by atoms with Crippen molar-refractivity contribution in [1.82, 2.24) is 10.3 Å². The fourth-order valence-electron chi connectivity index (χ4n) is 2.85. The lowest BCUT2D eigenvalue weighted by atomic mass is 10.0. The maximum atomic E-state index is 12.8. The van der Waals surface area contributed by atoms with Crippen LogP contribution in [-0.2, 0) is 16.0 Å². The number of non-ortho nitro benzene ring substituents is 1. The lowest BCUT2D eigenvalue weighted by Crippen LogP contribution is -2.43. The van der Waals surface area contributed by atoms with Crippen LogP contribution in [0, 0.1) is 10.1 Å². The van der Waals surface area contributed by atoms with Gasteiger partial charge in [-0.1, -0.05) is 30.3 Å². The molecule has 3 aromatic rings. The first-order valence-corrected chi connectivity index (χ1v) is 8.45. The fraction of sp³-hybridized carbons (Fsp3) is 0.150. The molecule has 8 nitrogen and oxygen atoms in total. The second-order valence-corrected chi connectivity index (χ2v) is 6.05. The van der Waals surface area contributed by atoms with Crippen LogP contribution in [0.15, 0.2) is 60.8 Å². The number of nitrogens with one attached hydrogen (secondary N) is 1. The molecule has 0 bridgehead atoms. The molecule has 0 spiro atoms. The highest BCUT2D eigenvalue weighted by Gasteiger charge is 2.23. The summed E-state index contributed by atoms with van der Waals surface area (Å²) in [5.74, 6) is -1.04. The highest BCUT2D eigenvalue weighted by Crippen LogP contribution is 2.17. The molecule has 28 heavy (non-hydrogen) atoms. The largest absolute Gasteiger partial charge is 0.467 e. The monoisotopic (exact) mass is 379 g/mol. The molecular weight excluding hydrogens is 362 g/mol. The third kappa shape index (κ3) is 4.12. The maximum Gasteiger partial charge on any atom is 0.328 e. The number of hydrogen-bond acceptors (Lipinski definition) is 6. The van der Waals surface area contributed by atoms with Crippen LogP contribution in [0.4, 0.5) is 5.69 Å². The number of esters is 1. The molecule has 1 atom stereocenters. The number of para-hydroxylation sites is 1. The van der Waals surface area contributed by atoms with Crippen molar-refractivity contribution in [2.45, 2.75) is 12.5 Å². The molecule has 8 heteroatoms. The summed E-state index contributed by atoms with van der Waals surface area (Å²) in [6.45, 7) is 0. The molecule has 0 aliphatic heterocycles. The Morgan fingerprint density at radius 2 is 1.86 bits per heavy atom. The summed E-state index contributed by atoms with van der Waals surface area (Å²) in [4.78, 5) is 39.4. The zero-order chi connectivity index (χ0) is 20.1. The van der Waals surface area contributed by atoms with Gasteiger partial charge in [-0.3, -0.25) is 19.9 Å². The number of ether oxygens (including phenoxy) is 1. The van der Waals surface area contributed by atoms with E-state index in [9.17, 15) is 19.7 Å². The summed E-state index contributed by atoms with van der Waals surface area (Å²) >= 11 is 0. The fourth-order valence-corrected chi connectivity index (χ4v) is 2.85. The van der Waals surface area contributed by atoms with E-state index in [1.807, 2.05) is 6.07 Å². The molecule has 142 valence electrons. The van der Waals surface area contributed by atoms with E-state index in [1.54, 1.807) is 36.4 Å². The Labute approximate surface area is 160 Å². The second kappa shape index (κ2) is 8.26. The van der Waals surface area contributed by atoms with Crippen molar-refractivity contribution in [3.8, 4) is 0 Å². The molecule has 0 aliphatic carbocycles. The van der Waals surface area contributed by atoms with Crippen molar-refractivity contribution in [3.63, 3.8) is 0 Å². The Balaban J connectivity index is 1.83. The van der Waals surface area contributed by atoms with Gasteiger partial charge in [0.1, 0.15) is 6.04 Å². The topological polar surface area (TPSA) is 111 Å². The van der Waals surface area contributed by atoms with Gasteiger partial charge < -0.3 is 10.1 Å². The van der Waals surface area contributed by atoms with E-state index in [1.165, 1.54) is 25.4 Å². The summed E-state index contributed by atoms with van der Waals surface area (Å²) in [6.07, 6.45) is 1.67. The van der Waals surface area contributed by atoms with Gasteiger partial charge in [-0.15, -0.1) is 0 Å². The molecule has 1 aromatic heterocycles. The van der Waals surface area contributed by atoms with Crippen molar-refractivity contribution >= 4 is 28.5 Å². The summed E-state index contributed by atoms with van der Waals surface area (Å²) in [7, 11) is 1.24. The summed E-state index contributed by atoms with van der Waals surface area (Å²) in [6, 6.07) is 13.6. The van der Waals surface area contributed by atoms with E-state index in [0.29, 0.717) is 22.0 Å². The van der Waals surface area contributed by atoms with E-state index < -0.39 is 22.8 Å². The number of pyridine rings is 1. The van der Waals surface area contributed by atoms with Crippen molar-refractivity contribution in [1.29, 1.82) is 0 Å². The van der Waals surface area contributed by atoms with Crippen molar-refractivity contribution in [3.05, 3.63) is 82.0 Å². The average molecular weight is 379 g/mol. The summed E-state index contributed by atoms with van der Waals surface area (Å²) < 4.78 is 4.80. The molecule has 0 radical (unpaired) electrons. The number of nitrogens with zero attached hydrogens (tertiary/aromatic N) is 2. The molecule has 1 heterocycles. The lowest BCUT2D eigenvalue weighted by molar-refractivity contribution is -0.384. The Bertz CT molecular complexity index is 1030. The second-order valence-electron chi connectivity index (χ2n) is 6.05. The molecule has 0 aliphatic rings. The number of nitro groups is 1. The van der Waals surface area contributed by atoms with E-state index in [2.05, 4.69) is 10.3 Å². The smallest absolute Gasteiger partial charge is 0.328 e. The number of rotatable bonds is 6. The number of carbonyl (C=O) groups is 2. The highest BCUT2D eigenvalue weighted by molar-refractivity contribution is 6.07. The van der Waals surface area contributed by atoms with Crippen LogP contribution in [0.1, 0.15) is 15.9 Å². The van der Waals surface area contributed by atoms with Gasteiger partial charge in [-0.05, 0) is 17.7 Å². The quantitative estimate of drug-likeness (QED) is 0.400. The molecular formula is C20H17N3O5. The Morgan fingerprint density at radius 1 is 1.14 bits per heavy atom. The maximum absolute atomic E-state index is 12.8. The molecule has 1 N–H and O–H groups in total. The van der Waals surface area contributed by atoms with E-state index in [4.69, 9.17) is 4.74 Å². The number of fused-ring (bicyclic) bond motifs is 1. The van der Waals surface area contributed by atoms with Crippen molar-refractivity contribution < 1.29 is 19.2 Å². The van der Waals surface area contributed by atoms with E-state index >= 15 is 0 Å². The van der Waals surface area contributed by atoms with Crippen LogP contribution in [0.25, 0.3) is 10.9 Å². The van der Waals surface area contributed by atoms with Gasteiger partial charge in [0.15, 0.2) is 0 Å². The predicted molar refractivity (Wildman–Crippen MR) is 102 cm³/mol. The number of methoxy groups -OCH3 is 1. The van der Waals surface area contributed by atoms with Gasteiger partial charge in [0, 0.05) is 30.1 Å². The SMILES string of the molecule is COC(=O)[C@@H](Cc1ccc([N+](=O)[O-])cc1)NC(=O)c1ccnc2ccccc12. The lowest BCUT2D eigenvalue weighted by Gasteiger charge is -2.17. The Hall–Kier alpha value is -3.81. The standard InChI is InChI=1S/C20H17N3O5/c1-28-20(25)18(12-13-6-8-14(9-7-13)23(26)27)22-19(24)16-10-11-21-17-5-3-2-4-15(16)17/h2-11,18H,12H2,1H3,(H,22,24)/t18-/m1/s1. The van der Waals surface area contributed by atoms with Gasteiger partial charge in [0.25, 0.3) is 11.6 Å². The Kier molecular flexibility index (Phi) is 5.59. The molecule has 2 aromatic carbocycles. The normalized spacial score (nSPS) is 11.6. The number of benzene rings is 2. The van der Waals surface area contributed by atoms with E-state index in [0.717, 1.165) is 0 Å². The van der Waals surface area contributed by atoms with E-state index in [-0.39, 0.29) is 12.1 Å². The number of carbonyl (C=O) groups excluding carboxylic acids is 2. The third-order valence-corrected chi connectivity index (χ3v) is 4.27. The molecule has 0 saturated heterocycles. The van der Waals surface area contributed by atoms with Crippen LogP contribution >= 0.6 is 0 Å². The first kappa shape index (κ1) is 19.0. The van der Waals surface area contributed by atoms with Gasteiger partial charge in [0.05, 0.1) is 23.1 Å². The highest BCUT2D eigenvalue weighted by atomic mass is 16.6. The van der Waals surface area contributed by atoms with Crippen LogP contribution < -0.4 is 5.32 Å². The van der Waals surface area contributed by atoms with Crippen molar-refractivity contribution in [2.75, 3.05) is 7.11 Å². The van der Waals surface area contributed by atoms with Crippen LogP contribution in [-0.4, -0.2) is 34.9 Å². The number of hydrogen-bond donors (Lipinski definition) is 1. The third-order valence-electron chi connectivity index (χ3n) is 4.27. The average Bonchev–Trinajstić information content (AvgIpc) is 2.72. The van der Waals surface area contributed by atoms with Crippen LogP contribution in [0.2, 0.25) is 0 Å². The summed E-state index contributed by atoms with van der Waals surface area (Å²) in [5.41, 5.74) is 1.66. The zero-order valence-corrected chi connectivity index (χ0v) is 15.0. The van der Waals surface area contributed by atoms with Gasteiger partial charge in [-0.25, -0.2) is 4.79 Å². The molecule has 3 rings (SSSR count). The van der Waals surface area contributed by atoms with Crippen LogP contribution in [0.5, 0.6) is 0 Å². The van der Waals surface area contributed by atoms with Gasteiger partial charge in [0.2, 0.25) is 0 Å². The van der Waals surface area contributed by atoms with Crippen LogP contribution in [0.3, 0.4) is 0 Å². The first-order chi connectivity index (χ1) is 13.5. The number of amides is 1. The minimum atomic E-state index is -0.939.